The molecule has 0 atom stereocenters. The van der Waals surface area contributed by atoms with Crippen molar-refractivity contribution in [2.24, 2.45) is 0 Å². The van der Waals surface area contributed by atoms with E-state index in [0.717, 1.165) is 22.2 Å². The van der Waals surface area contributed by atoms with Crippen molar-refractivity contribution in [3.63, 3.8) is 0 Å². The molecule has 0 unspecified atom stereocenters. The zero-order chi connectivity index (χ0) is 13.8. The number of ether oxygens (including phenoxy) is 1. The van der Waals surface area contributed by atoms with Gasteiger partial charge in [0, 0.05) is 30.1 Å². The average molecular weight is 261 g/mol. The van der Waals surface area contributed by atoms with Crippen molar-refractivity contribution >= 4 is 16.7 Å². The lowest BCUT2D eigenvalue weighted by Gasteiger charge is -2.16. The molecule has 0 radical (unpaired) electrons. The maximum Gasteiger partial charge on any atom is 0.128 e. The van der Waals surface area contributed by atoms with Crippen molar-refractivity contribution in [2.45, 2.75) is 6.54 Å². The van der Waals surface area contributed by atoms with Gasteiger partial charge in [-0.25, -0.2) is 4.98 Å². The second-order valence-electron chi connectivity index (χ2n) is 4.55. The zero-order valence-corrected chi connectivity index (χ0v) is 11.3. The maximum atomic E-state index is 8.91. The lowest BCUT2D eigenvalue weighted by Crippen LogP contribution is -2.22. The van der Waals surface area contributed by atoms with Gasteiger partial charge in [0.25, 0.3) is 0 Å². The lowest BCUT2D eigenvalue weighted by molar-refractivity contribution is 0.217. The van der Waals surface area contributed by atoms with Gasteiger partial charge >= 0.3 is 0 Å². The molecule has 0 bridgehead atoms. The first-order chi connectivity index (χ1) is 9.13. The predicted molar refractivity (Wildman–Crippen MR) is 76.1 cm³/mol. The minimum Gasteiger partial charge on any atom is -0.497 e. The molecule has 5 nitrogen and oxygen atoms in total. The number of nitrogens with zero attached hydrogens (tertiary/aromatic N) is 2. The SMILES string of the molecule is COc1ccc2cc(CN(C)CCO)c(N)nc2c1. The number of hydrogen-bond acceptors (Lipinski definition) is 5. The van der Waals surface area contributed by atoms with Gasteiger partial charge in [0.05, 0.1) is 19.2 Å². The van der Waals surface area contributed by atoms with Crippen molar-refractivity contribution in [1.82, 2.24) is 9.88 Å². The fourth-order valence-corrected chi connectivity index (χ4v) is 2.00. The second kappa shape index (κ2) is 5.86. The highest BCUT2D eigenvalue weighted by atomic mass is 16.5. The largest absolute Gasteiger partial charge is 0.497 e. The zero-order valence-electron chi connectivity index (χ0n) is 11.3. The van der Waals surface area contributed by atoms with Gasteiger partial charge in [0.1, 0.15) is 11.6 Å². The molecule has 0 aliphatic heterocycles. The van der Waals surface area contributed by atoms with E-state index >= 15 is 0 Å². The molecule has 1 heterocycles. The highest BCUT2D eigenvalue weighted by Gasteiger charge is 2.07. The molecule has 5 heteroatoms. The molecule has 0 aliphatic carbocycles. The van der Waals surface area contributed by atoms with Crippen LogP contribution in [-0.2, 0) is 6.54 Å². The highest BCUT2D eigenvalue weighted by molar-refractivity contribution is 5.82. The molecule has 2 rings (SSSR count). The Balaban J connectivity index is 2.33. The number of aromatic nitrogens is 1. The third-order valence-corrected chi connectivity index (χ3v) is 3.06. The summed E-state index contributed by atoms with van der Waals surface area (Å²) in [5, 5.41) is 9.94. The molecule has 102 valence electrons. The summed E-state index contributed by atoms with van der Waals surface area (Å²) in [5.41, 5.74) is 7.77. The number of anilines is 1. The Kier molecular flexibility index (Phi) is 4.19. The molecule has 2 aromatic rings. The minimum atomic E-state index is 0.134. The van der Waals surface area contributed by atoms with E-state index in [4.69, 9.17) is 15.6 Å². The molecule has 0 saturated carbocycles. The minimum absolute atomic E-state index is 0.134. The van der Waals surface area contributed by atoms with E-state index < -0.39 is 0 Å². The maximum absolute atomic E-state index is 8.91. The van der Waals surface area contributed by atoms with Gasteiger partial charge in [-0.2, -0.15) is 0 Å². The van der Waals surface area contributed by atoms with Crippen molar-refractivity contribution in [3.05, 3.63) is 29.8 Å². The Labute approximate surface area is 112 Å². The highest BCUT2D eigenvalue weighted by Crippen LogP contribution is 2.23. The number of likely N-dealkylation sites (N-methyl/N-ethyl adjacent to an activating group) is 1. The van der Waals surface area contributed by atoms with Crippen LogP contribution in [0.2, 0.25) is 0 Å². The summed E-state index contributed by atoms with van der Waals surface area (Å²) in [6.45, 7) is 1.41. The van der Waals surface area contributed by atoms with Crippen LogP contribution in [0.25, 0.3) is 10.9 Å². The third-order valence-electron chi connectivity index (χ3n) is 3.06. The fourth-order valence-electron chi connectivity index (χ4n) is 2.00. The smallest absolute Gasteiger partial charge is 0.128 e. The normalized spacial score (nSPS) is 11.2. The number of rotatable bonds is 5. The molecule has 0 amide bonds. The van der Waals surface area contributed by atoms with Crippen LogP contribution in [0.15, 0.2) is 24.3 Å². The van der Waals surface area contributed by atoms with Crippen LogP contribution in [0.1, 0.15) is 5.56 Å². The topological polar surface area (TPSA) is 71.6 Å². The number of pyridine rings is 1. The van der Waals surface area contributed by atoms with E-state index in [1.807, 2.05) is 36.2 Å². The second-order valence-corrected chi connectivity index (χ2v) is 4.55. The first-order valence-corrected chi connectivity index (χ1v) is 6.16. The summed E-state index contributed by atoms with van der Waals surface area (Å²) in [4.78, 5) is 6.41. The van der Waals surface area contributed by atoms with E-state index in [9.17, 15) is 0 Å². The summed E-state index contributed by atoms with van der Waals surface area (Å²) in [6.07, 6.45) is 0. The number of methoxy groups -OCH3 is 1. The fraction of sp³-hybridized carbons (Fsp3) is 0.357. The number of aliphatic hydroxyl groups excluding tert-OH is 1. The Hall–Kier alpha value is -1.85. The molecule has 19 heavy (non-hydrogen) atoms. The summed E-state index contributed by atoms with van der Waals surface area (Å²) in [6, 6.07) is 7.77. The molecule has 0 aliphatic rings. The molecule has 3 N–H and O–H groups in total. The number of fused-ring (bicyclic) bond motifs is 1. The Morgan fingerprint density at radius 3 is 2.84 bits per heavy atom. The van der Waals surface area contributed by atoms with E-state index in [2.05, 4.69) is 4.98 Å². The van der Waals surface area contributed by atoms with E-state index in [1.54, 1.807) is 7.11 Å². The van der Waals surface area contributed by atoms with Crippen molar-refractivity contribution in [3.8, 4) is 5.75 Å². The average Bonchev–Trinajstić information content (AvgIpc) is 2.39. The van der Waals surface area contributed by atoms with Gasteiger partial charge < -0.3 is 15.6 Å². The van der Waals surface area contributed by atoms with Gasteiger partial charge in [-0.3, -0.25) is 4.90 Å². The van der Waals surface area contributed by atoms with Crippen LogP contribution in [0, 0.1) is 0 Å². The van der Waals surface area contributed by atoms with Crippen molar-refractivity contribution in [1.29, 1.82) is 0 Å². The summed E-state index contributed by atoms with van der Waals surface area (Å²) in [5.74, 6) is 1.29. The number of hydrogen-bond donors (Lipinski definition) is 2. The lowest BCUT2D eigenvalue weighted by atomic mass is 10.1. The predicted octanol–water partition coefficient (Wildman–Crippen LogP) is 1.25. The van der Waals surface area contributed by atoms with Gasteiger partial charge in [0.15, 0.2) is 0 Å². The van der Waals surface area contributed by atoms with Gasteiger partial charge in [0.2, 0.25) is 0 Å². The van der Waals surface area contributed by atoms with Crippen LogP contribution in [-0.4, -0.2) is 42.3 Å². The van der Waals surface area contributed by atoms with Crippen LogP contribution in [0.4, 0.5) is 5.82 Å². The van der Waals surface area contributed by atoms with E-state index in [0.29, 0.717) is 18.9 Å². The van der Waals surface area contributed by atoms with Crippen molar-refractivity contribution in [2.75, 3.05) is 33.0 Å². The van der Waals surface area contributed by atoms with Gasteiger partial charge in [-0.15, -0.1) is 0 Å². The number of nitrogens with two attached hydrogens (primary N) is 1. The molecule has 0 fully saturated rings. The summed E-state index contributed by atoms with van der Waals surface area (Å²) in [7, 11) is 3.57. The van der Waals surface area contributed by atoms with Gasteiger partial charge in [-0.05, 0) is 25.2 Å². The Morgan fingerprint density at radius 2 is 2.16 bits per heavy atom. The molecular formula is C14H19N3O2. The van der Waals surface area contributed by atoms with Crippen LogP contribution < -0.4 is 10.5 Å². The summed E-state index contributed by atoms with van der Waals surface area (Å²) < 4.78 is 5.17. The monoisotopic (exact) mass is 261 g/mol. The number of nitrogen functional groups attached to an aromatic ring is 1. The Morgan fingerprint density at radius 1 is 1.37 bits per heavy atom. The first kappa shape index (κ1) is 13.6. The molecule has 1 aromatic heterocycles. The molecule has 0 spiro atoms. The van der Waals surface area contributed by atoms with E-state index in [1.165, 1.54) is 0 Å². The van der Waals surface area contributed by atoms with E-state index in [-0.39, 0.29) is 6.61 Å². The van der Waals surface area contributed by atoms with Gasteiger partial charge in [-0.1, -0.05) is 0 Å². The Bertz CT molecular complexity index is 572. The van der Waals surface area contributed by atoms with Crippen LogP contribution in [0.3, 0.4) is 0 Å². The molecular weight excluding hydrogens is 242 g/mol. The standard InChI is InChI=1S/C14H19N3O2/c1-17(5-6-18)9-11-7-10-3-4-12(19-2)8-13(10)16-14(11)15/h3-4,7-8,18H,5-6,9H2,1-2H3,(H2,15,16). The first-order valence-electron chi connectivity index (χ1n) is 6.16. The third kappa shape index (κ3) is 3.13. The molecule has 1 aromatic carbocycles. The quantitative estimate of drug-likeness (QED) is 0.847. The van der Waals surface area contributed by atoms with Crippen molar-refractivity contribution < 1.29 is 9.84 Å². The molecule has 0 saturated heterocycles. The van der Waals surface area contributed by atoms with Crippen LogP contribution in [0.5, 0.6) is 5.75 Å². The number of benzene rings is 1. The van der Waals surface area contributed by atoms with Crippen LogP contribution >= 0.6 is 0 Å². The number of aliphatic hydroxyl groups is 1. The summed E-state index contributed by atoms with van der Waals surface area (Å²) >= 11 is 0.